The second kappa shape index (κ2) is 13.6. The van der Waals surface area contributed by atoms with Crippen molar-refractivity contribution in [1.29, 1.82) is 0 Å². The van der Waals surface area contributed by atoms with Crippen molar-refractivity contribution in [3.63, 3.8) is 0 Å². The van der Waals surface area contributed by atoms with Crippen LogP contribution in [0.15, 0.2) is 78.2 Å². The van der Waals surface area contributed by atoms with Gasteiger partial charge in [0.05, 0.1) is 18.1 Å². The van der Waals surface area contributed by atoms with Gasteiger partial charge in [-0.1, -0.05) is 41.4 Å². The summed E-state index contributed by atoms with van der Waals surface area (Å²) < 4.78 is 17.7. The summed E-state index contributed by atoms with van der Waals surface area (Å²) >= 11 is 12.8. The van der Waals surface area contributed by atoms with E-state index in [0.717, 1.165) is 28.5 Å². The van der Waals surface area contributed by atoms with Crippen LogP contribution in [0.5, 0.6) is 17.2 Å². The topological polar surface area (TPSA) is 65.1 Å². The number of hydrogen-bond acceptors (Lipinski definition) is 6. The molecular weight excluding hydrogens is 557 g/mol. The number of allylic oxidation sites excluding steroid dienone is 1. The first-order valence-electron chi connectivity index (χ1n) is 12.3. The Morgan fingerprint density at radius 1 is 0.949 bits per heavy atom. The van der Waals surface area contributed by atoms with Crippen LogP contribution in [0.2, 0.25) is 10.0 Å². The minimum absolute atomic E-state index is 0.133. The lowest BCUT2D eigenvalue weighted by Gasteiger charge is -2.17. The SMILES string of the molecule is C=CCc1cc(/C=C2\SC(=O)N(CCOc3ccc(Cl)cc3)C2=O)cc(OCC)c1OCc1ccc(Cl)cc1. The summed E-state index contributed by atoms with van der Waals surface area (Å²) in [5.74, 6) is 1.40. The fourth-order valence-electron chi connectivity index (χ4n) is 3.87. The van der Waals surface area contributed by atoms with Gasteiger partial charge in [0.25, 0.3) is 11.1 Å². The molecule has 1 saturated heterocycles. The molecule has 1 aliphatic rings. The van der Waals surface area contributed by atoms with E-state index in [1.54, 1.807) is 36.4 Å². The smallest absolute Gasteiger partial charge is 0.293 e. The summed E-state index contributed by atoms with van der Waals surface area (Å²) in [7, 11) is 0. The van der Waals surface area contributed by atoms with Gasteiger partial charge in [0.1, 0.15) is 19.0 Å². The second-order valence-corrected chi connectivity index (χ2v) is 10.4. The maximum Gasteiger partial charge on any atom is 0.293 e. The third-order valence-corrected chi connectivity index (χ3v) is 7.09. The standard InChI is InChI=1S/C30H27Cl2NO5S/c1-3-5-22-16-21(17-26(36-4-2)28(22)38-19-20-6-8-23(31)9-7-20)18-27-29(34)33(30(35)39-27)14-15-37-25-12-10-24(32)11-13-25/h3,6-13,16-18H,1,4-5,14-15,19H2,2H3/b27-18-. The van der Waals surface area contributed by atoms with Gasteiger partial charge in [-0.05, 0) is 90.8 Å². The van der Waals surface area contributed by atoms with Gasteiger partial charge in [-0.25, -0.2) is 0 Å². The van der Waals surface area contributed by atoms with Crippen LogP contribution in [0.1, 0.15) is 23.6 Å². The molecule has 3 aromatic rings. The van der Waals surface area contributed by atoms with Crippen LogP contribution in [0.4, 0.5) is 4.79 Å². The Balaban J connectivity index is 1.51. The molecule has 0 unspecified atom stereocenters. The number of carbonyl (C=O) groups is 2. The van der Waals surface area contributed by atoms with Crippen molar-refractivity contribution in [2.45, 2.75) is 20.0 Å². The fraction of sp³-hybridized carbons (Fsp3) is 0.200. The third kappa shape index (κ3) is 7.60. The maximum absolute atomic E-state index is 13.0. The number of carbonyl (C=O) groups excluding carboxylic acids is 2. The number of halogens is 2. The van der Waals surface area contributed by atoms with Crippen LogP contribution in [0.25, 0.3) is 6.08 Å². The Morgan fingerprint density at radius 2 is 1.64 bits per heavy atom. The van der Waals surface area contributed by atoms with E-state index in [0.29, 0.717) is 51.8 Å². The quantitative estimate of drug-likeness (QED) is 0.160. The van der Waals surface area contributed by atoms with E-state index in [4.69, 9.17) is 37.4 Å². The van der Waals surface area contributed by atoms with Gasteiger partial charge in [0, 0.05) is 15.6 Å². The van der Waals surface area contributed by atoms with E-state index in [-0.39, 0.29) is 24.3 Å². The van der Waals surface area contributed by atoms with Crippen molar-refractivity contribution < 1.29 is 23.8 Å². The predicted octanol–water partition coefficient (Wildman–Crippen LogP) is 7.81. The number of imide groups is 1. The zero-order valence-corrected chi connectivity index (χ0v) is 23.7. The van der Waals surface area contributed by atoms with E-state index < -0.39 is 0 Å². The Labute approximate surface area is 242 Å². The molecule has 0 radical (unpaired) electrons. The zero-order valence-electron chi connectivity index (χ0n) is 21.3. The van der Waals surface area contributed by atoms with Crippen molar-refractivity contribution >= 4 is 52.2 Å². The summed E-state index contributed by atoms with van der Waals surface area (Å²) in [6, 6.07) is 18.1. The Morgan fingerprint density at radius 3 is 2.31 bits per heavy atom. The monoisotopic (exact) mass is 583 g/mol. The first kappa shape index (κ1) is 28.6. The average molecular weight is 585 g/mol. The molecule has 0 aromatic heterocycles. The second-order valence-electron chi connectivity index (χ2n) is 8.48. The molecule has 1 fully saturated rings. The lowest BCUT2D eigenvalue weighted by molar-refractivity contribution is -0.123. The van der Waals surface area contributed by atoms with Crippen molar-refractivity contribution in [3.05, 3.63) is 105 Å². The van der Waals surface area contributed by atoms with Crippen LogP contribution in [-0.2, 0) is 17.8 Å². The highest BCUT2D eigenvalue weighted by Gasteiger charge is 2.35. The minimum Gasteiger partial charge on any atom is -0.492 e. The number of nitrogens with zero attached hydrogens (tertiary/aromatic N) is 1. The largest absolute Gasteiger partial charge is 0.492 e. The van der Waals surface area contributed by atoms with Crippen LogP contribution >= 0.6 is 35.0 Å². The van der Waals surface area contributed by atoms with Crippen molar-refractivity contribution in [2.75, 3.05) is 19.8 Å². The van der Waals surface area contributed by atoms with Gasteiger partial charge in [-0.3, -0.25) is 14.5 Å². The molecule has 1 aliphatic heterocycles. The third-order valence-electron chi connectivity index (χ3n) is 5.68. The van der Waals surface area contributed by atoms with Crippen molar-refractivity contribution in [1.82, 2.24) is 4.90 Å². The highest BCUT2D eigenvalue weighted by Crippen LogP contribution is 2.38. The van der Waals surface area contributed by atoms with Crippen LogP contribution < -0.4 is 14.2 Å². The molecule has 1 heterocycles. The van der Waals surface area contributed by atoms with Gasteiger partial charge < -0.3 is 14.2 Å². The van der Waals surface area contributed by atoms with Crippen molar-refractivity contribution in [2.24, 2.45) is 0 Å². The first-order valence-corrected chi connectivity index (χ1v) is 13.9. The highest BCUT2D eigenvalue weighted by atomic mass is 35.5. The summed E-state index contributed by atoms with van der Waals surface area (Å²) in [5.41, 5.74) is 2.54. The molecule has 0 bridgehead atoms. The van der Waals surface area contributed by atoms with Crippen LogP contribution in [0, 0.1) is 0 Å². The molecule has 0 atom stereocenters. The number of amides is 2. The minimum atomic E-state index is -0.365. The van der Waals surface area contributed by atoms with Crippen LogP contribution in [-0.4, -0.2) is 35.8 Å². The lowest BCUT2D eigenvalue weighted by atomic mass is 10.0. The first-order chi connectivity index (χ1) is 18.9. The van der Waals surface area contributed by atoms with Gasteiger partial charge in [-0.2, -0.15) is 0 Å². The Hall–Kier alpha value is -3.39. The summed E-state index contributed by atoms with van der Waals surface area (Å²) in [6.07, 6.45) is 4.00. The molecule has 0 spiro atoms. The molecule has 202 valence electrons. The highest BCUT2D eigenvalue weighted by molar-refractivity contribution is 8.18. The molecule has 9 heteroatoms. The number of benzene rings is 3. The maximum atomic E-state index is 13.0. The predicted molar refractivity (Wildman–Crippen MR) is 157 cm³/mol. The van der Waals surface area contributed by atoms with Gasteiger partial charge in [-0.15, -0.1) is 6.58 Å². The van der Waals surface area contributed by atoms with Crippen LogP contribution in [0.3, 0.4) is 0 Å². The fourth-order valence-corrected chi connectivity index (χ4v) is 4.98. The Bertz CT molecular complexity index is 1370. The number of rotatable bonds is 12. The number of ether oxygens (including phenoxy) is 3. The summed E-state index contributed by atoms with van der Waals surface area (Å²) in [4.78, 5) is 27.1. The van der Waals surface area contributed by atoms with Gasteiger partial charge in [0.15, 0.2) is 11.5 Å². The molecule has 4 rings (SSSR count). The van der Waals surface area contributed by atoms with Gasteiger partial charge in [0.2, 0.25) is 0 Å². The number of thioether (sulfide) groups is 1. The molecule has 6 nitrogen and oxygen atoms in total. The molecule has 0 N–H and O–H groups in total. The molecular formula is C30H27Cl2NO5S. The Kier molecular flexibility index (Phi) is 9.98. The van der Waals surface area contributed by atoms with E-state index in [1.165, 1.54) is 4.90 Å². The van der Waals surface area contributed by atoms with E-state index in [1.807, 2.05) is 43.3 Å². The summed E-state index contributed by atoms with van der Waals surface area (Å²) in [6.45, 7) is 6.82. The van der Waals surface area contributed by atoms with Crippen molar-refractivity contribution in [3.8, 4) is 17.2 Å². The molecule has 39 heavy (non-hydrogen) atoms. The van der Waals surface area contributed by atoms with E-state index in [9.17, 15) is 9.59 Å². The van der Waals surface area contributed by atoms with E-state index in [2.05, 4.69) is 6.58 Å². The summed E-state index contributed by atoms with van der Waals surface area (Å²) in [5, 5.41) is 0.914. The van der Waals surface area contributed by atoms with E-state index >= 15 is 0 Å². The molecule has 0 saturated carbocycles. The number of hydrogen-bond donors (Lipinski definition) is 0. The molecule has 3 aromatic carbocycles. The molecule has 0 aliphatic carbocycles. The zero-order chi connectivity index (χ0) is 27.8. The van der Waals surface area contributed by atoms with Gasteiger partial charge >= 0.3 is 0 Å². The normalized spacial score (nSPS) is 14.1. The lowest BCUT2D eigenvalue weighted by Crippen LogP contribution is -2.32. The molecule has 2 amide bonds. The average Bonchev–Trinajstić information content (AvgIpc) is 3.18.